The molecule has 0 saturated carbocycles. The van der Waals surface area contributed by atoms with Crippen LogP contribution in [0.1, 0.15) is 25.0 Å². The fourth-order valence-electron chi connectivity index (χ4n) is 7.98. The van der Waals surface area contributed by atoms with Crippen LogP contribution in [0.5, 0.6) is 0 Å². The lowest BCUT2D eigenvalue weighted by molar-refractivity contribution is 0.614. The van der Waals surface area contributed by atoms with Crippen molar-refractivity contribution in [1.29, 1.82) is 0 Å². The maximum Gasteiger partial charge on any atom is 0.227 e. The fourth-order valence-corrected chi connectivity index (χ4v) is 7.98. The minimum atomic E-state index is -0.188. The molecule has 0 radical (unpaired) electrons. The first-order valence-corrected chi connectivity index (χ1v) is 17.1. The first-order chi connectivity index (χ1) is 24.5. The van der Waals surface area contributed by atoms with Crippen LogP contribution in [-0.2, 0) is 5.41 Å². The van der Waals surface area contributed by atoms with Crippen LogP contribution in [0.3, 0.4) is 0 Å². The van der Waals surface area contributed by atoms with Crippen LogP contribution in [0.4, 0.5) is 17.1 Å². The van der Waals surface area contributed by atoms with Gasteiger partial charge in [0.1, 0.15) is 5.52 Å². The van der Waals surface area contributed by atoms with Gasteiger partial charge in [0.2, 0.25) is 5.89 Å². The molecule has 10 rings (SSSR count). The van der Waals surface area contributed by atoms with Crippen molar-refractivity contribution in [1.82, 2.24) is 9.55 Å². The topological polar surface area (TPSA) is 34.2 Å². The van der Waals surface area contributed by atoms with E-state index >= 15 is 0 Å². The highest BCUT2D eigenvalue weighted by molar-refractivity contribution is 6.10. The number of nitrogens with zero attached hydrogens (tertiary/aromatic N) is 3. The van der Waals surface area contributed by atoms with E-state index in [9.17, 15) is 0 Å². The molecule has 9 aromatic rings. The largest absolute Gasteiger partial charge is 0.436 e. The summed E-state index contributed by atoms with van der Waals surface area (Å²) in [5, 5.41) is 2.45. The van der Waals surface area contributed by atoms with E-state index in [-0.39, 0.29) is 5.41 Å². The number of para-hydroxylation sites is 3. The Bertz CT molecular complexity index is 2720. The standard InChI is InChI=1S/C46H33N3O/c1-46(2)39-24-22-33(26-36(39)37-28-41-44(29-40(37)46)50-45(47-41)30-14-6-3-7-15-30)48(31-16-8-4-9-17-31)34-23-25-43-38(27-34)35-20-12-13-21-42(35)49(43)32-18-10-5-11-19-32/h3-29H,1-2H3. The second kappa shape index (κ2) is 10.8. The molecular formula is C46H33N3O. The molecule has 2 aromatic heterocycles. The molecule has 0 aliphatic heterocycles. The van der Waals surface area contributed by atoms with Gasteiger partial charge in [0.05, 0.1) is 11.0 Å². The first kappa shape index (κ1) is 28.6. The summed E-state index contributed by atoms with van der Waals surface area (Å²) in [4.78, 5) is 7.31. The molecule has 7 aromatic carbocycles. The Morgan fingerprint density at radius 2 is 1.18 bits per heavy atom. The molecule has 4 nitrogen and oxygen atoms in total. The van der Waals surface area contributed by atoms with Gasteiger partial charge >= 0.3 is 0 Å². The Morgan fingerprint density at radius 1 is 0.540 bits per heavy atom. The van der Waals surface area contributed by atoms with E-state index in [0.29, 0.717) is 5.89 Å². The van der Waals surface area contributed by atoms with E-state index in [2.05, 4.69) is 157 Å². The van der Waals surface area contributed by atoms with Crippen LogP contribution in [0.2, 0.25) is 0 Å². The minimum Gasteiger partial charge on any atom is -0.436 e. The molecule has 0 fully saturated rings. The lowest BCUT2D eigenvalue weighted by Gasteiger charge is -2.27. The van der Waals surface area contributed by atoms with E-state index in [1.807, 2.05) is 30.3 Å². The summed E-state index contributed by atoms with van der Waals surface area (Å²) in [5.41, 5.74) is 14.3. The Morgan fingerprint density at radius 3 is 1.98 bits per heavy atom. The third-order valence-corrected chi connectivity index (χ3v) is 10.4. The van der Waals surface area contributed by atoms with Crippen LogP contribution in [0.15, 0.2) is 168 Å². The number of fused-ring (bicyclic) bond motifs is 7. The molecule has 0 saturated heterocycles. The van der Waals surface area contributed by atoms with Crippen LogP contribution < -0.4 is 4.90 Å². The zero-order chi connectivity index (χ0) is 33.4. The number of oxazole rings is 1. The summed E-state index contributed by atoms with van der Waals surface area (Å²) >= 11 is 0. The number of hydrogen-bond donors (Lipinski definition) is 0. The molecule has 0 bridgehead atoms. The fraction of sp³-hybridized carbons (Fsp3) is 0.0652. The minimum absolute atomic E-state index is 0.188. The second-order valence-corrected chi connectivity index (χ2v) is 13.7. The first-order valence-electron chi connectivity index (χ1n) is 17.1. The molecule has 238 valence electrons. The van der Waals surface area contributed by atoms with Gasteiger partial charge < -0.3 is 13.9 Å². The number of anilines is 3. The maximum absolute atomic E-state index is 6.32. The Kier molecular flexibility index (Phi) is 6.19. The van der Waals surface area contributed by atoms with Crippen molar-refractivity contribution in [2.45, 2.75) is 19.3 Å². The molecule has 0 amide bonds. The maximum atomic E-state index is 6.32. The molecular weight excluding hydrogens is 611 g/mol. The summed E-state index contributed by atoms with van der Waals surface area (Å²) in [6.45, 7) is 4.62. The number of rotatable bonds is 5. The highest BCUT2D eigenvalue weighted by Gasteiger charge is 2.37. The predicted molar refractivity (Wildman–Crippen MR) is 206 cm³/mol. The van der Waals surface area contributed by atoms with Crippen molar-refractivity contribution in [2.75, 3.05) is 4.90 Å². The smallest absolute Gasteiger partial charge is 0.227 e. The van der Waals surface area contributed by atoms with Gasteiger partial charge in [0.15, 0.2) is 5.58 Å². The normalized spacial score (nSPS) is 13.2. The highest BCUT2D eigenvalue weighted by Crippen LogP contribution is 2.52. The lowest BCUT2D eigenvalue weighted by Crippen LogP contribution is -2.15. The quantitative estimate of drug-likeness (QED) is 0.187. The summed E-state index contributed by atoms with van der Waals surface area (Å²) < 4.78 is 8.69. The van der Waals surface area contributed by atoms with Crippen LogP contribution in [-0.4, -0.2) is 9.55 Å². The Hall–Kier alpha value is -6.39. The number of hydrogen-bond acceptors (Lipinski definition) is 3. The van der Waals surface area contributed by atoms with E-state index in [1.165, 1.54) is 44.1 Å². The summed E-state index contributed by atoms with van der Waals surface area (Å²) in [7, 11) is 0. The van der Waals surface area contributed by atoms with Crippen molar-refractivity contribution in [3.63, 3.8) is 0 Å². The third-order valence-electron chi connectivity index (χ3n) is 10.4. The van der Waals surface area contributed by atoms with Crippen molar-refractivity contribution in [3.05, 3.63) is 175 Å². The number of benzene rings is 7. The lowest BCUT2D eigenvalue weighted by atomic mass is 9.82. The van der Waals surface area contributed by atoms with E-state index in [4.69, 9.17) is 9.40 Å². The van der Waals surface area contributed by atoms with Crippen LogP contribution in [0.25, 0.3) is 61.2 Å². The van der Waals surface area contributed by atoms with E-state index in [1.54, 1.807) is 0 Å². The Labute approximate surface area is 290 Å². The molecule has 1 aliphatic rings. The van der Waals surface area contributed by atoms with Gasteiger partial charge in [-0.25, -0.2) is 4.98 Å². The zero-order valence-corrected chi connectivity index (χ0v) is 27.8. The van der Waals surface area contributed by atoms with Gasteiger partial charge in [-0.05, 0) is 107 Å². The summed E-state index contributed by atoms with van der Waals surface area (Å²) in [6, 6.07) is 58.4. The van der Waals surface area contributed by atoms with Crippen LogP contribution >= 0.6 is 0 Å². The third kappa shape index (κ3) is 4.28. The SMILES string of the molecule is CC1(C)c2ccc(N(c3ccccc3)c3ccc4c(c3)c3ccccc3n4-c3ccccc3)cc2-c2cc3nc(-c4ccccc4)oc3cc21. The van der Waals surface area contributed by atoms with E-state index < -0.39 is 0 Å². The molecule has 0 N–H and O–H groups in total. The van der Waals surface area contributed by atoms with Crippen LogP contribution in [0, 0.1) is 0 Å². The molecule has 0 unspecified atom stereocenters. The molecule has 1 aliphatic carbocycles. The number of aromatic nitrogens is 2. The molecule has 0 atom stereocenters. The van der Waals surface area contributed by atoms with Crippen molar-refractivity contribution >= 4 is 50.0 Å². The van der Waals surface area contributed by atoms with E-state index in [0.717, 1.165) is 39.4 Å². The van der Waals surface area contributed by atoms with Gasteiger partial charge in [-0.1, -0.05) is 92.7 Å². The molecule has 50 heavy (non-hydrogen) atoms. The second-order valence-electron chi connectivity index (χ2n) is 13.7. The summed E-state index contributed by atoms with van der Waals surface area (Å²) in [6.07, 6.45) is 0. The van der Waals surface area contributed by atoms with Crippen molar-refractivity contribution in [3.8, 4) is 28.3 Å². The monoisotopic (exact) mass is 643 g/mol. The van der Waals surface area contributed by atoms with Gasteiger partial charge in [-0.3, -0.25) is 0 Å². The van der Waals surface area contributed by atoms with Crippen molar-refractivity contribution < 1.29 is 4.42 Å². The van der Waals surface area contributed by atoms with Gasteiger partial charge in [-0.15, -0.1) is 0 Å². The average molecular weight is 644 g/mol. The van der Waals surface area contributed by atoms with Crippen molar-refractivity contribution in [2.24, 2.45) is 0 Å². The highest BCUT2D eigenvalue weighted by atomic mass is 16.3. The average Bonchev–Trinajstić information content (AvgIpc) is 3.80. The van der Waals surface area contributed by atoms with Gasteiger partial charge in [0, 0.05) is 44.5 Å². The van der Waals surface area contributed by atoms with Gasteiger partial charge in [0.25, 0.3) is 0 Å². The Balaban J connectivity index is 1.15. The predicted octanol–water partition coefficient (Wildman–Crippen LogP) is 12.4. The summed E-state index contributed by atoms with van der Waals surface area (Å²) in [5.74, 6) is 0.648. The van der Waals surface area contributed by atoms with Gasteiger partial charge in [-0.2, -0.15) is 0 Å². The molecule has 0 spiro atoms. The zero-order valence-electron chi connectivity index (χ0n) is 27.8. The molecule has 4 heteroatoms. The molecule has 2 heterocycles.